The number of hydrogen-bond acceptors (Lipinski definition) is 0. The Morgan fingerprint density at radius 3 is 1.60 bits per heavy atom. The summed E-state index contributed by atoms with van der Waals surface area (Å²) in [4.78, 5) is 0. The lowest BCUT2D eigenvalue weighted by Crippen LogP contribution is -2.21. The van der Waals surface area contributed by atoms with E-state index >= 15 is 0 Å². The first kappa shape index (κ1) is 9.79. The molecule has 0 saturated carbocycles. The minimum Gasteiger partial charge on any atom is -0.171 e. The van der Waals surface area contributed by atoms with Gasteiger partial charge in [0, 0.05) is 0 Å². The van der Waals surface area contributed by atoms with E-state index in [4.69, 9.17) is 0 Å². The molecule has 10 heavy (non-hydrogen) atoms. The van der Waals surface area contributed by atoms with Crippen molar-refractivity contribution in [2.24, 2.45) is 11.8 Å². The van der Waals surface area contributed by atoms with E-state index in [1.165, 1.54) is 6.92 Å². The predicted octanol–water partition coefficient (Wildman–Crippen LogP) is 3.23. The molecule has 0 aliphatic heterocycles. The van der Waals surface area contributed by atoms with Gasteiger partial charge in [-0.15, -0.1) is 0 Å². The Hall–Kier alpha value is -0.210. The molecule has 0 aromatic rings. The fraction of sp³-hybridized carbons (Fsp3) is 1.00. The minimum atomic E-state index is -4.01. The van der Waals surface area contributed by atoms with Gasteiger partial charge >= 0.3 is 6.18 Å². The summed E-state index contributed by atoms with van der Waals surface area (Å²) < 4.78 is 35.4. The molecule has 0 heterocycles. The molecule has 0 spiro atoms. The van der Waals surface area contributed by atoms with Gasteiger partial charge in [0.1, 0.15) is 0 Å². The Kier molecular flexibility index (Phi) is 3.19. The highest BCUT2D eigenvalue weighted by Crippen LogP contribution is 2.30. The third-order valence-corrected chi connectivity index (χ3v) is 1.38. The molecule has 0 nitrogen and oxygen atoms in total. The van der Waals surface area contributed by atoms with Crippen LogP contribution >= 0.6 is 0 Å². The summed E-state index contributed by atoms with van der Waals surface area (Å²) in [6, 6.07) is 0. The molecule has 0 fully saturated rings. The summed E-state index contributed by atoms with van der Waals surface area (Å²) in [5.74, 6) is -1.04. The Balaban J connectivity index is 3.73. The van der Waals surface area contributed by atoms with E-state index in [-0.39, 0.29) is 12.3 Å². The third kappa shape index (κ3) is 3.75. The predicted molar refractivity (Wildman–Crippen MR) is 34.7 cm³/mol. The third-order valence-electron chi connectivity index (χ3n) is 1.38. The van der Waals surface area contributed by atoms with Crippen LogP contribution in [0.25, 0.3) is 0 Å². The van der Waals surface area contributed by atoms with E-state index in [0.717, 1.165) is 0 Å². The van der Waals surface area contributed by atoms with Gasteiger partial charge in [0.05, 0.1) is 5.92 Å². The van der Waals surface area contributed by atoms with Gasteiger partial charge in [-0.1, -0.05) is 20.8 Å². The smallest absolute Gasteiger partial charge is 0.171 e. The number of hydrogen-bond donors (Lipinski definition) is 0. The molecule has 0 saturated heterocycles. The number of alkyl halides is 3. The maximum Gasteiger partial charge on any atom is 0.391 e. The summed E-state index contributed by atoms with van der Waals surface area (Å²) in [7, 11) is 0. The van der Waals surface area contributed by atoms with Gasteiger partial charge in [-0.05, 0) is 12.3 Å². The Labute approximate surface area is 59.4 Å². The second-order valence-corrected chi connectivity index (χ2v) is 3.07. The summed E-state index contributed by atoms with van der Waals surface area (Å²) in [5.41, 5.74) is 0. The normalized spacial score (nSPS) is 15.9. The van der Waals surface area contributed by atoms with Crippen molar-refractivity contribution in [3.8, 4) is 0 Å². The molecule has 62 valence electrons. The van der Waals surface area contributed by atoms with Crippen LogP contribution in [0.15, 0.2) is 0 Å². The standard InChI is InChI=1S/C7H13F3/c1-5(2)4-6(3)7(8,9)10/h5-6H,4H2,1-3H3/t6-/m1/s1. The molecule has 0 radical (unpaired) electrons. The minimum absolute atomic E-state index is 0.122. The number of rotatable bonds is 2. The maximum absolute atomic E-state index is 11.8. The van der Waals surface area contributed by atoms with Crippen LogP contribution in [0.2, 0.25) is 0 Å². The van der Waals surface area contributed by atoms with Crippen molar-refractivity contribution in [3.63, 3.8) is 0 Å². The van der Waals surface area contributed by atoms with Gasteiger partial charge in [-0.3, -0.25) is 0 Å². The Morgan fingerprint density at radius 1 is 1.10 bits per heavy atom. The monoisotopic (exact) mass is 154 g/mol. The van der Waals surface area contributed by atoms with E-state index in [2.05, 4.69) is 0 Å². The molecule has 0 unspecified atom stereocenters. The van der Waals surface area contributed by atoms with E-state index in [9.17, 15) is 13.2 Å². The maximum atomic E-state index is 11.8. The second kappa shape index (κ2) is 3.26. The summed E-state index contributed by atoms with van der Waals surface area (Å²) in [6.07, 6.45) is -3.78. The van der Waals surface area contributed by atoms with Gasteiger partial charge in [0.2, 0.25) is 0 Å². The lowest BCUT2D eigenvalue weighted by molar-refractivity contribution is -0.173. The quantitative estimate of drug-likeness (QED) is 0.572. The summed E-state index contributed by atoms with van der Waals surface area (Å²) >= 11 is 0. The Bertz CT molecular complexity index is 93.5. The molecule has 0 aromatic carbocycles. The molecule has 0 aliphatic carbocycles. The SMILES string of the molecule is CC(C)C[C@@H](C)C(F)(F)F. The fourth-order valence-corrected chi connectivity index (χ4v) is 0.841. The fourth-order valence-electron chi connectivity index (χ4n) is 0.841. The van der Waals surface area contributed by atoms with Gasteiger partial charge in [0.25, 0.3) is 0 Å². The zero-order valence-corrected chi connectivity index (χ0v) is 6.50. The van der Waals surface area contributed by atoms with Crippen molar-refractivity contribution in [1.82, 2.24) is 0 Å². The molecule has 0 bridgehead atoms. The molecular formula is C7H13F3. The summed E-state index contributed by atoms with van der Waals surface area (Å²) in [6.45, 7) is 4.81. The molecule has 0 rings (SSSR count). The molecular weight excluding hydrogens is 141 g/mol. The van der Waals surface area contributed by atoms with Crippen LogP contribution in [0.5, 0.6) is 0 Å². The average Bonchev–Trinajstić information content (AvgIpc) is 1.60. The highest BCUT2D eigenvalue weighted by atomic mass is 19.4. The second-order valence-electron chi connectivity index (χ2n) is 3.07. The topological polar surface area (TPSA) is 0 Å². The van der Waals surface area contributed by atoms with Gasteiger partial charge in [-0.25, -0.2) is 0 Å². The van der Waals surface area contributed by atoms with Crippen LogP contribution < -0.4 is 0 Å². The van der Waals surface area contributed by atoms with Crippen molar-refractivity contribution in [1.29, 1.82) is 0 Å². The van der Waals surface area contributed by atoms with Crippen molar-refractivity contribution in [2.45, 2.75) is 33.4 Å². The van der Waals surface area contributed by atoms with Crippen LogP contribution in [0.4, 0.5) is 13.2 Å². The highest BCUT2D eigenvalue weighted by Gasteiger charge is 2.35. The van der Waals surface area contributed by atoms with Crippen molar-refractivity contribution < 1.29 is 13.2 Å². The van der Waals surface area contributed by atoms with Crippen LogP contribution in [0, 0.1) is 11.8 Å². The highest BCUT2D eigenvalue weighted by molar-refractivity contribution is 4.63. The lowest BCUT2D eigenvalue weighted by Gasteiger charge is -2.16. The molecule has 0 aromatic heterocycles. The first-order chi connectivity index (χ1) is 4.34. The van der Waals surface area contributed by atoms with E-state index < -0.39 is 12.1 Å². The van der Waals surface area contributed by atoms with Gasteiger partial charge < -0.3 is 0 Å². The Morgan fingerprint density at radius 2 is 1.50 bits per heavy atom. The average molecular weight is 154 g/mol. The lowest BCUT2D eigenvalue weighted by atomic mass is 9.99. The van der Waals surface area contributed by atoms with E-state index in [0.29, 0.717) is 0 Å². The van der Waals surface area contributed by atoms with Crippen molar-refractivity contribution in [3.05, 3.63) is 0 Å². The van der Waals surface area contributed by atoms with Crippen LogP contribution in [-0.4, -0.2) is 6.18 Å². The molecule has 0 aliphatic rings. The summed E-state index contributed by atoms with van der Waals surface area (Å²) in [5, 5.41) is 0. The molecule has 0 N–H and O–H groups in total. The van der Waals surface area contributed by atoms with Crippen LogP contribution in [0.3, 0.4) is 0 Å². The number of halogens is 3. The van der Waals surface area contributed by atoms with Gasteiger partial charge in [0.15, 0.2) is 0 Å². The van der Waals surface area contributed by atoms with Gasteiger partial charge in [-0.2, -0.15) is 13.2 Å². The molecule has 3 heteroatoms. The van der Waals surface area contributed by atoms with Crippen molar-refractivity contribution >= 4 is 0 Å². The first-order valence-electron chi connectivity index (χ1n) is 3.40. The zero-order valence-electron chi connectivity index (χ0n) is 6.50. The van der Waals surface area contributed by atoms with Crippen LogP contribution in [0.1, 0.15) is 27.2 Å². The largest absolute Gasteiger partial charge is 0.391 e. The van der Waals surface area contributed by atoms with E-state index in [1.54, 1.807) is 13.8 Å². The van der Waals surface area contributed by atoms with Crippen molar-refractivity contribution in [2.75, 3.05) is 0 Å². The zero-order chi connectivity index (χ0) is 8.36. The molecule has 1 atom stereocenters. The van der Waals surface area contributed by atoms with E-state index in [1.807, 2.05) is 0 Å². The molecule has 0 amide bonds. The first-order valence-corrected chi connectivity index (χ1v) is 3.40. The van der Waals surface area contributed by atoms with Crippen LogP contribution in [-0.2, 0) is 0 Å².